The highest BCUT2D eigenvalue weighted by Crippen LogP contribution is 2.19. The van der Waals surface area contributed by atoms with Crippen molar-refractivity contribution in [2.24, 2.45) is 0 Å². The maximum Gasteiger partial charge on any atom is 0.337 e. The van der Waals surface area contributed by atoms with E-state index in [9.17, 15) is 9.59 Å². The Morgan fingerprint density at radius 2 is 2.05 bits per heavy atom. The summed E-state index contributed by atoms with van der Waals surface area (Å²) in [5.41, 5.74) is 5.97. The third-order valence-electron chi connectivity index (χ3n) is 2.32. The molecule has 0 saturated carbocycles. The Morgan fingerprint density at radius 3 is 2.68 bits per heavy atom. The van der Waals surface area contributed by atoms with Gasteiger partial charge in [-0.3, -0.25) is 9.78 Å². The van der Waals surface area contributed by atoms with Crippen LogP contribution >= 0.6 is 0 Å². The number of nitrogens with two attached hydrogens (primary N) is 1. The number of anilines is 2. The predicted molar refractivity (Wildman–Crippen MR) is 67.8 cm³/mol. The van der Waals surface area contributed by atoms with Crippen molar-refractivity contribution in [2.75, 3.05) is 11.1 Å². The maximum absolute atomic E-state index is 11.8. The van der Waals surface area contributed by atoms with Crippen molar-refractivity contribution in [3.05, 3.63) is 48.0 Å². The van der Waals surface area contributed by atoms with Crippen molar-refractivity contribution in [3.8, 4) is 0 Å². The van der Waals surface area contributed by atoms with Gasteiger partial charge in [0, 0.05) is 18.1 Å². The van der Waals surface area contributed by atoms with Crippen molar-refractivity contribution in [2.45, 2.75) is 0 Å². The average Bonchev–Trinajstić information content (AvgIpc) is 2.41. The van der Waals surface area contributed by atoms with Gasteiger partial charge in [0.1, 0.15) is 5.69 Å². The highest BCUT2D eigenvalue weighted by molar-refractivity contribution is 6.06. The lowest BCUT2D eigenvalue weighted by Crippen LogP contribution is -2.16. The molecular weight excluding hydrogens is 248 g/mol. The summed E-state index contributed by atoms with van der Waals surface area (Å²) in [5, 5.41) is 11.5. The molecule has 19 heavy (non-hydrogen) atoms. The van der Waals surface area contributed by atoms with Crippen LogP contribution < -0.4 is 11.1 Å². The molecule has 0 aliphatic heterocycles. The Bertz CT molecular complexity index is 628. The van der Waals surface area contributed by atoms with E-state index in [2.05, 4.69) is 15.3 Å². The first-order chi connectivity index (χ1) is 9.08. The van der Waals surface area contributed by atoms with Crippen LogP contribution in [-0.4, -0.2) is 27.0 Å². The summed E-state index contributed by atoms with van der Waals surface area (Å²) in [7, 11) is 0. The number of carbonyl (C=O) groups excluding carboxylic acids is 1. The maximum atomic E-state index is 11.8. The summed E-state index contributed by atoms with van der Waals surface area (Å²) < 4.78 is 0. The lowest BCUT2D eigenvalue weighted by molar-refractivity contribution is 0.0698. The fourth-order valence-corrected chi connectivity index (χ4v) is 1.45. The largest absolute Gasteiger partial charge is 0.478 e. The Balaban J connectivity index is 2.29. The number of amides is 1. The highest BCUT2D eigenvalue weighted by atomic mass is 16.4. The Labute approximate surface area is 108 Å². The van der Waals surface area contributed by atoms with E-state index in [4.69, 9.17) is 10.8 Å². The minimum absolute atomic E-state index is 0.0859. The van der Waals surface area contributed by atoms with Gasteiger partial charge in [-0.2, -0.15) is 0 Å². The molecule has 0 spiro atoms. The predicted octanol–water partition coefficient (Wildman–Crippen LogP) is 1.01. The van der Waals surface area contributed by atoms with E-state index in [-0.39, 0.29) is 16.9 Å². The zero-order valence-corrected chi connectivity index (χ0v) is 9.70. The van der Waals surface area contributed by atoms with Crippen LogP contribution in [0.25, 0.3) is 0 Å². The van der Waals surface area contributed by atoms with Crippen LogP contribution in [0.1, 0.15) is 20.8 Å². The Morgan fingerprint density at radius 1 is 1.26 bits per heavy atom. The molecule has 0 saturated heterocycles. The van der Waals surface area contributed by atoms with Crippen LogP contribution in [0.3, 0.4) is 0 Å². The first-order valence-corrected chi connectivity index (χ1v) is 5.28. The van der Waals surface area contributed by atoms with E-state index in [1.807, 2.05) is 0 Å². The number of benzene rings is 1. The van der Waals surface area contributed by atoms with Crippen LogP contribution in [0, 0.1) is 0 Å². The van der Waals surface area contributed by atoms with Crippen LogP contribution in [0.15, 0.2) is 36.8 Å². The Kier molecular flexibility index (Phi) is 3.37. The number of aromatic carboxylic acids is 1. The average molecular weight is 258 g/mol. The lowest BCUT2D eigenvalue weighted by atomic mass is 10.1. The van der Waals surface area contributed by atoms with Crippen LogP contribution in [-0.2, 0) is 0 Å². The van der Waals surface area contributed by atoms with Gasteiger partial charge in [0.15, 0.2) is 0 Å². The molecule has 7 heteroatoms. The number of nitrogen functional groups attached to an aromatic ring is 1. The van der Waals surface area contributed by atoms with Crippen molar-refractivity contribution >= 4 is 23.3 Å². The molecule has 1 amide bonds. The minimum Gasteiger partial charge on any atom is -0.478 e. The van der Waals surface area contributed by atoms with Crippen molar-refractivity contribution in [1.29, 1.82) is 0 Å². The second kappa shape index (κ2) is 5.13. The Hall–Kier alpha value is -2.96. The molecule has 1 aromatic carbocycles. The monoisotopic (exact) mass is 258 g/mol. The number of hydrogen-bond donors (Lipinski definition) is 3. The normalized spacial score (nSPS) is 9.89. The second-order valence-corrected chi connectivity index (χ2v) is 3.65. The van der Waals surface area contributed by atoms with Gasteiger partial charge in [-0.15, -0.1) is 0 Å². The van der Waals surface area contributed by atoms with E-state index in [0.717, 1.165) is 0 Å². The molecule has 2 aromatic rings. The van der Waals surface area contributed by atoms with Gasteiger partial charge in [-0.25, -0.2) is 9.78 Å². The topological polar surface area (TPSA) is 118 Å². The highest BCUT2D eigenvalue weighted by Gasteiger charge is 2.14. The van der Waals surface area contributed by atoms with Crippen molar-refractivity contribution < 1.29 is 14.7 Å². The second-order valence-electron chi connectivity index (χ2n) is 3.65. The zero-order valence-electron chi connectivity index (χ0n) is 9.70. The summed E-state index contributed by atoms with van der Waals surface area (Å²) in [6.07, 6.45) is 4.09. The van der Waals surface area contributed by atoms with Crippen LogP contribution in [0.5, 0.6) is 0 Å². The molecule has 0 aliphatic rings. The van der Waals surface area contributed by atoms with E-state index in [1.165, 1.54) is 36.8 Å². The number of nitrogens with one attached hydrogen (secondary N) is 1. The van der Waals surface area contributed by atoms with E-state index in [1.54, 1.807) is 0 Å². The molecular formula is C12H10N4O3. The number of hydrogen-bond acceptors (Lipinski definition) is 5. The fourth-order valence-electron chi connectivity index (χ4n) is 1.45. The van der Waals surface area contributed by atoms with Crippen molar-refractivity contribution in [1.82, 2.24) is 9.97 Å². The minimum atomic E-state index is -1.18. The van der Waals surface area contributed by atoms with Gasteiger partial charge in [0.25, 0.3) is 5.91 Å². The molecule has 0 unspecified atom stereocenters. The molecule has 0 atom stereocenters. The molecule has 0 bridgehead atoms. The van der Waals surface area contributed by atoms with Crippen molar-refractivity contribution in [3.63, 3.8) is 0 Å². The van der Waals surface area contributed by atoms with Gasteiger partial charge in [-0.05, 0) is 18.2 Å². The van der Waals surface area contributed by atoms with Gasteiger partial charge < -0.3 is 16.2 Å². The summed E-state index contributed by atoms with van der Waals surface area (Å²) >= 11 is 0. The third kappa shape index (κ3) is 2.83. The summed E-state index contributed by atoms with van der Waals surface area (Å²) in [4.78, 5) is 30.5. The standard InChI is InChI=1S/C12H10N4O3/c13-7-1-2-9(8(5-7)12(18)19)16-11(17)10-6-14-3-4-15-10/h1-6H,13H2,(H,16,17)(H,18,19). The third-order valence-corrected chi connectivity index (χ3v) is 2.32. The van der Waals surface area contributed by atoms with Gasteiger partial charge in [0.05, 0.1) is 17.4 Å². The molecule has 0 fully saturated rings. The lowest BCUT2D eigenvalue weighted by Gasteiger charge is -2.08. The number of carbonyl (C=O) groups is 2. The number of carboxylic acids is 1. The zero-order chi connectivity index (χ0) is 13.8. The van der Waals surface area contributed by atoms with Crippen LogP contribution in [0.2, 0.25) is 0 Å². The quantitative estimate of drug-likeness (QED) is 0.707. The molecule has 7 nitrogen and oxygen atoms in total. The SMILES string of the molecule is Nc1ccc(NC(=O)c2cnccn2)c(C(=O)O)c1. The van der Waals surface area contributed by atoms with Gasteiger partial charge in [-0.1, -0.05) is 0 Å². The molecule has 4 N–H and O–H groups in total. The van der Waals surface area contributed by atoms with Gasteiger partial charge >= 0.3 is 5.97 Å². The van der Waals surface area contributed by atoms with E-state index >= 15 is 0 Å². The molecule has 96 valence electrons. The molecule has 0 radical (unpaired) electrons. The summed E-state index contributed by atoms with van der Waals surface area (Å²) in [6.45, 7) is 0. The fraction of sp³-hybridized carbons (Fsp3) is 0. The first kappa shape index (κ1) is 12.5. The molecule has 1 aromatic heterocycles. The number of aromatic nitrogens is 2. The first-order valence-electron chi connectivity index (χ1n) is 5.28. The van der Waals surface area contributed by atoms with Gasteiger partial charge in [0.2, 0.25) is 0 Å². The number of rotatable bonds is 3. The molecule has 2 rings (SSSR count). The summed E-state index contributed by atoms with van der Waals surface area (Å²) in [6, 6.07) is 4.19. The smallest absolute Gasteiger partial charge is 0.337 e. The molecule has 1 heterocycles. The number of nitrogens with zero attached hydrogens (tertiary/aromatic N) is 2. The van der Waals surface area contributed by atoms with E-state index < -0.39 is 11.9 Å². The summed E-state index contributed by atoms with van der Waals surface area (Å²) in [5.74, 6) is -1.72. The number of carboxylic acid groups (broad SMARTS) is 1. The van der Waals surface area contributed by atoms with Crippen LogP contribution in [0.4, 0.5) is 11.4 Å². The molecule has 0 aliphatic carbocycles. The van der Waals surface area contributed by atoms with E-state index in [0.29, 0.717) is 5.69 Å².